The second-order valence-corrected chi connectivity index (χ2v) is 7.36. The molecule has 0 aromatic rings. The van der Waals surface area contributed by atoms with Crippen LogP contribution < -0.4 is 11.1 Å². The number of likely N-dealkylation sites (tertiary alicyclic amines) is 1. The normalized spacial score (nSPS) is 30.6. The Kier molecular flexibility index (Phi) is 4.55. The summed E-state index contributed by atoms with van der Waals surface area (Å²) >= 11 is 0. The van der Waals surface area contributed by atoms with Crippen LogP contribution in [0.15, 0.2) is 0 Å². The van der Waals surface area contributed by atoms with Crippen molar-refractivity contribution >= 4 is 5.91 Å². The van der Waals surface area contributed by atoms with E-state index >= 15 is 0 Å². The number of hydrogen-bond donors (Lipinski definition) is 2. The topological polar surface area (TPSA) is 58.4 Å². The number of primary amides is 1. The second kappa shape index (κ2) is 6.25. The molecule has 1 saturated heterocycles. The maximum Gasteiger partial charge on any atom is 0.239 e. The van der Waals surface area contributed by atoms with E-state index in [4.69, 9.17) is 5.73 Å². The lowest BCUT2D eigenvalue weighted by atomic mass is 9.89. The number of nitrogens with one attached hydrogen (secondary N) is 1. The molecule has 3 rings (SSSR count). The lowest BCUT2D eigenvalue weighted by Gasteiger charge is -2.39. The predicted molar refractivity (Wildman–Crippen MR) is 84.9 cm³/mol. The first-order valence-electron chi connectivity index (χ1n) is 8.96. The second-order valence-electron chi connectivity index (χ2n) is 7.36. The van der Waals surface area contributed by atoms with Crippen LogP contribution in [-0.4, -0.2) is 42.0 Å². The molecule has 2 aliphatic carbocycles. The number of nitrogens with zero attached hydrogens (tertiary/aromatic N) is 1. The molecule has 2 saturated carbocycles. The average molecular weight is 293 g/mol. The molecule has 0 spiro atoms. The highest BCUT2D eigenvalue weighted by Crippen LogP contribution is 2.42. The van der Waals surface area contributed by atoms with Gasteiger partial charge in [-0.3, -0.25) is 9.69 Å². The Morgan fingerprint density at radius 1 is 1.19 bits per heavy atom. The molecule has 120 valence electrons. The molecule has 2 unspecified atom stereocenters. The van der Waals surface area contributed by atoms with Gasteiger partial charge in [0, 0.05) is 12.6 Å². The summed E-state index contributed by atoms with van der Waals surface area (Å²) in [6, 6.07) is 0.698. The van der Waals surface area contributed by atoms with Crippen LogP contribution in [-0.2, 0) is 4.79 Å². The maximum atomic E-state index is 12.2. The van der Waals surface area contributed by atoms with Crippen molar-refractivity contribution in [1.29, 1.82) is 0 Å². The zero-order valence-corrected chi connectivity index (χ0v) is 13.4. The number of likely N-dealkylation sites (N-methyl/N-ethyl adjacent to an activating group) is 1. The Balaban J connectivity index is 1.73. The highest BCUT2D eigenvalue weighted by atomic mass is 16.1. The molecule has 21 heavy (non-hydrogen) atoms. The largest absolute Gasteiger partial charge is 0.368 e. The van der Waals surface area contributed by atoms with Gasteiger partial charge in [-0.2, -0.15) is 0 Å². The molecule has 0 aromatic heterocycles. The van der Waals surface area contributed by atoms with Crippen molar-refractivity contribution in [2.45, 2.75) is 69.9 Å². The fourth-order valence-corrected chi connectivity index (χ4v) is 4.83. The summed E-state index contributed by atoms with van der Waals surface area (Å²) in [5.74, 6) is 1.18. The number of carbonyl (C=O) groups excluding carboxylic acids is 1. The van der Waals surface area contributed by atoms with Gasteiger partial charge in [0.25, 0.3) is 0 Å². The highest BCUT2D eigenvalue weighted by molar-refractivity contribution is 5.86. The molecule has 4 nitrogen and oxygen atoms in total. The zero-order valence-electron chi connectivity index (χ0n) is 13.4. The van der Waals surface area contributed by atoms with E-state index in [1.165, 1.54) is 38.5 Å². The Bertz CT molecular complexity index is 376. The van der Waals surface area contributed by atoms with Gasteiger partial charge in [0.1, 0.15) is 5.54 Å². The van der Waals surface area contributed by atoms with Gasteiger partial charge in [-0.25, -0.2) is 0 Å². The Hall–Kier alpha value is -0.610. The van der Waals surface area contributed by atoms with E-state index in [1.807, 2.05) is 0 Å². The van der Waals surface area contributed by atoms with E-state index in [1.54, 1.807) is 0 Å². The minimum absolute atomic E-state index is 0.135. The van der Waals surface area contributed by atoms with E-state index in [0.29, 0.717) is 12.0 Å². The van der Waals surface area contributed by atoms with Crippen LogP contribution in [0.4, 0.5) is 0 Å². The van der Waals surface area contributed by atoms with E-state index < -0.39 is 5.54 Å². The van der Waals surface area contributed by atoms with Gasteiger partial charge in [0.15, 0.2) is 0 Å². The first kappa shape index (κ1) is 15.3. The van der Waals surface area contributed by atoms with Crippen molar-refractivity contribution in [3.8, 4) is 0 Å². The summed E-state index contributed by atoms with van der Waals surface area (Å²) in [4.78, 5) is 14.8. The van der Waals surface area contributed by atoms with Crippen molar-refractivity contribution < 1.29 is 4.79 Å². The zero-order chi connectivity index (χ0) is 14.9. The molecule has 2 atom stereocenters. The van der Waals surface area contributed by atoms with Gasteiger partial charge >= 0.3 is 0 Å². The van der Waals surface area contributed by atoms with E-state index in [-0.39, 0.29) is 5.91 Å². The summed E-state index contributed by atoms with van der Waals surface area (Å²) in [6.07, 6.45) is 10.5. The summed E-state index contributed by atoms with van der Waals surface area (Å²) in [6.45, 7) is 4.89. The van der Waals surface area contributed by atoms with Crippen LogP contribution in [0.2, 0.25) is 0 Å². The molecular formula is C17H31N3O. The van der Waals surface area contributed by atoms with Crippen LogP contribution in [0.5, 0.6) is 0 Å². The summed E-state index contributed by atoms with van der Waals surface area (Å²) in [5, 5.41) is 3.48. The summed E-state index contributed by atoms with van der Waals surface area (Å²) in [7, 11) is 0. The Morgan fingerprint density at radius 3 is 2.48 bits per heavy atom. The van der Waals surface area contributed by atoms with Gasteiger partial charge in [-0.15, -0.1) is 0 Å². The lowest BCUT2D eigenvalue weighted by Crippen LogP contribution is -2.64. The molecule has 3 N–H and O–H groups in total. The number of nitrogens with two attached hydrogens (primary N) is 1. The van der Waals surface area contributed by atoms with Gasteiger partial charge in [-0.1, -0.05) is 19.8 Å². The minimum Gasteiger partial charge on any atom is -0.368 e. The molecule has 3 aliphatic rings. The van der Waals surface area contributed by atoms with Crippen molar-refractivity contribution in [3.05, 3.63) is 0 Å². The quantitative estimate of drug-likeness (QED) is 0.753. The van der Waals surface area contributed by atoms with Crippen molar-refractivity contribution in [2.75, 3.05) is 19.6 Å². The van der Waals surface area contributed by atoms with Crippen LogP contribution in [0.1, 0.15) is 58.3 Å². The highest BCUT2D eigenvalue weighted by Gasteiger charge is 2.51. The molecule has 0 radical (unpaired) electrons. The Morgan fingerprint density at radius 2 is 1.90 bits per heavy atom. The smallest absolute Gasteiger partial charge is 0.239 e. The summed E-state index contributed by atoms with van der Waals surface area (Å²) < 4.78 is 0. The number of hydrogen-bond acceptors (Lipinski definition) is 3. The minimum atomic E-state index is -0.476. The molecule has 0 bridgehead atoms. The van der Waals surface area contributed by atoms with Crippen LogP contribution in [0, 0.1) is 11.8 Å². The fraction of sp³-hybridized carbons (Fsp3) is 0.941. The SMILES string of the molecule is CCNC(CN1CCCC1C1CCCC1)(C(N)=O)C1CC1. The van der Waals surface area contributed by atoms with E-state index in [9.17, 15) is 4.79 Å². The monoisotopic (exact) mass is 293 g/mol. The summed E-state index contributed by atoms with van der Waals surface area (Å²) in [5.41, 5.74) is 5.37. The molecular weight excluding hydrogens is 262 g/mol. The van der Waals surface area contributed by atoms with Crippen molar-refractivity contribution in [1.82, 2.24) is 10.2 Å². The molecule has 0 aromatic carbocycles. The standard InChI is InChI=1S/C17H31N3O/c1-2-19-17(16(18)21,14-9-10-14)12-20-11-5-8-15(20)13-6-3-4-7-13/h13-15,19H,2-12H2,1H3,(H2,18,21). The maximum absolute atomic E-state index is 12.2. The van der Waals surface area contributed by atoms with Crippen molar-refractivity contribution in [3.63, 3.8) is 0 Å². The number of amides is 1. The van der Waals surface area contributed by atoms with Crippen LogP contribution in [0.25, 0.3) is 0 Å². The van der Waals surface area contributed by atoms with E-state index in [0.717, 1.165) is 38.4 Å². The molecule has 1 heterocycles. The van der Waals surface area contributed by atoms with E-state index in [2.05, 4.69) is 17.1 Å². The molecule has 4 heteroatoms. The average Bonchev–Trinajstić information content (AvgIpc) is 2.99. The Labute approximate surface area is 128 Å². The van der Waals surface area contributed by atoms with Crippen LogP contribution in [0.3, 0.4) is 0 Å². The van der Waals surface area contributed by atoms with Gasteiger partial charge < -0.3 is 11.1 Å². The van der Waals surface area contributed by atoms with Gasteiger partial charge in [0.05, 0.1) is 0 Å². The van der Waals surface area contributed by atoms with Gasteiger partial charge in [-0.05, 0) is 63.5 Å². The first-order chi connectivity index (χ1) is 10.2. The lowest BCUT2D eigenvalue weighted by molar-refractivity contribution is -0.126. The fourth-order valence-electron chi connectivity index (χ4n) is 4.83. The van der Waals surface area contributed by atoms with Crippen molar-refractivity contribution in [2.24, 2.45) is 17.6 Å². The third kappa shape index (κ3) is 2.98. The predicted octanol–water partition coefficient (Wildman–Crippen LogP) is 1.88. The van der Waals surface area contributed by atoms with Gasteiger partial charge in [0.2, 0.25) is 5.91 Å². The molecule has 3 fully saturated rings. The van der Waals surface area contributed by atoms with Crippen LogP contribution >= 0.6 is 0 Å². The molecule has 1 amide bonds. The third-order valence-electron chi connectivity index (χ3n) is 6.02. The third-order valence-corrected chi connectivity index (χ3v) is 6.02. The number of rotatable bonds is 7. The molecule has 1 aliphatic heterocycles. The number of carbonyl (C=O) groups is 1. The first-order valence-corrected chi connectivity index (χ1v) is 8.96.